The van der Waals surface area contributed by atoms with Crippen molar-refractivity contribution in [2.24, 2.45) is 0 Å². The molecule has 0 aromatic carbocycles. The van der Waals surface area contributed by atoms with Crippen LogP contribution >= 0.6 is 0 Å². The van der Waals surface area contributed by atoms with Crippen LogP contribution in [0.25, 0.3) is 0 Å². The van der Waals surface area contributed by atoms with Crippen LogP contribution in [0.15, 0.2) is 0 Å². The number of unbranched alkanes of at least 4 members (excludes halogenated alkanes) is 16. The summed E-state index contributed by atoms with van der Waals surface area (Å²) in [6.07, 6.45) is 19.0. The number of carbonyl (C=O) groups excluding carboxylic acids is 2. The minimum atomic E-state index is -0.712. The molecule has 0 fully saturated rings. The standard InChI is InChI=1S/C34H64N2O8/c1-29(43-27-31(37)35(3)25-21-17-13-9-5-7-11-15-19-23-33(39)40)30(2)44-28-32(38)36(4)26-22-18-14-10-6-8-12-16-20-24-34(41)42/h29-30H,5-28H2,1-4H3,(H,39,40)(H,41,42)/t29-,30-/m1/s1. The van der Waals surface area contributed by atoms with Gasteiger partial charge in [0.25, 0.3) is 0 Å². The Balaban J connectivity index is 3.78. The first kappa shape index (κ1) is 41.8. The lowest BCUT2D eigenvalue weighted by molar-refractivity contribution is -0.145. The van der Waals surface area contributed by atoms with Crippen molar-refractivity contribution in [3.63, 3.8) is 0 Å². The highest BCUT2D eigenvalue weighted by atomic mass is 16.5. The molecule has 10 nitrogen and oxygen atoms in total. The summed E-state index contributed by atoms with van der Waals surface area (Å²) in [7, 11) is 3.60. The summed E-state index contributed by atoms with van der Waals surface area (Å²) < 4.78 is 11.5. The first-order valence-electron chi connectivity index (χ1n) is 17.2. The van der Waals surface area contributed by atoms with E-state index in [0.717, 1.165) is 89.9 Å². The number of rotatable bonds is 31. The van der Waals surface area contributed by atoms with Crippen LogP contribution in [-0.2, 0) is 28.7 Å². The van der Waals surface area contributed by atoms with Crippen LogP contribution in [0.1, 0.15) is 142 Å². The van der Waals surface area contributed by atoms with E-state index in [1.165, 1.54) is 25.7 Å². The van der Waals surface area contributed by atoms with E-state index in [9.17, 15) is 19.2 Å². The molecule has 10 heteroatoms. The second kappa shape index (κ2) is 28.3. The van der Waals surface area contributed by atoms with Crippen LogP contribution in [0.3, 0.4) is 0 Å². The maximum absolute atomic E-state index is 12.5. The number of likely N-dealkylation sites (N-methyl/N-ethyl adjacent to an activating group) is 2. The van der Waals surface area contributed by atoms with Gasteiger partial charge >= 0.3 is 11.9 Å². The van der Waals surface area contributed by atoms with E-state index >= 15 is 0 Å². The van der Waals surface area contributed by atoms with Crippen LogP contribution in [0.2, 0.25) is 0 Å². The second-order valence-electron chi connectivity index (χ2n) is 12.3. The number of carbonyl (C=O) groups is 4. The Hall–Kier alpha value is -2.20. The minimum absolute atomic E-state index is 0.00812. The smallest absolute Gasteiger partial charge is 0.303 e. The van der Waals surface area contributed by atoms with E-state index in [4.69, 9.17) is 19.7 Å². The normalized spacial score (nSPS) is 12.5. The predicted octanol–water partition coefficient (Wildman–Crippen LogP) is 6.68. The summed E-state index contributed by atoms with van der Waals surface area (Å²) in [6, 6.07) is 0. The van der Waals surface area contributed by atoms with Crippen molar-refractivity contribution in [3.8, 4) is 0 Å². The van der Waals surface area contributed by atoms with Gasteiger partial charge in [0.1, 0.15) is 13.2 Å². The number of hydrogen-bond acceptors (Lipinski definition) is 6. The van der Waals surface area contributed by atoms with E-state index in [0.29, 0.717) is 13.1 Å². The van der Waals surface area contributed by atoms with Gasteiger partial charge in [0.15, 0.2) is 0 Å². The number of nitrogens with zero attached hydrogens (tertiary/aromatic N) is 2. The fourth-order valence-corrected chi connectivity index (χ4v) is 4.87. The number of hydrogen-bond donors (Lipinski definition) is 2. The van der Waals surface area contributed by atoms with Crippen LogP contribution in [0, 0.1) is 0 Å². The van der Waals surface area contributed by atoms with Gasteiger partial charge in [0, 0.05) is 40.0 Å². The molecule has 2 atom stereocenters. The first-order chi connectivity index (χ1) is 21.0. The molecule has 44 heavy (non-hydrogen) atoms. The van der Waals surface area contributed by atoms with Crippen molar-refractivity contribution in [2.75, 3.05) is 40.4 Å². The number of aliphatic carboxylic acids is 2. The Bertz CT molecular complexity index is 702. The maximum atomic E-state index is 12.5. The Labute approximate surface area is 267 Å². The Morgan fingerprint density at radius 1 is 0.477 bits per heavy atom. The largest absolute Gasteiger partial charge is 0.481 e. The van der Waals surface area contributed by atoms with E-state index in [1.807, 2.05) is 13.8 Å². The maximum Gasteiger partial charge on any atom is 0.303 e. The summed E-state index contributed by atoms with van der Waals surface area (Å²) in [5, 5.41) is 17.3. The number of carboxylic acids is 2. The lowest BCUT2D eigenvalue weighted by Gasteiger charge is -2.24. The summed E-state index contributed by atoms with van der Waals surface area (Å²) in [5.41, 5.74) is 0. The highest BCUT2D eigenvalue weighted by Crippen LogP contribution is 2.12. The summed E-state index contributed by atoms with van der Waals surface area (Å²) >= 11 is 0. The molecule has 0 saturated carbocycles. The quantitative estimate of drug-likeness (QED) is 0.0812. The molecule has 0 aromatic rings. The van der Waals surface area contributed by atoms with Crippen molar-refractivity contribution >= 4 is 23.8 Å². The number of carboxylic acid groups (broad SMARTS) is 2. The lowest BCUT2D eigenvalue weighted by atomic mass is 10.1. The summed E-state index contributed by atoms with van der Waals surface area (Å²) in [6.45, 7) is 5.10. The van der Waals surface area contributed by atoms with E-state index in [2.05, 4.69) is 0 Å². The third-order valence-corrected chi connectivity index (χ3v) is 8.22. The average molecular weight is 629 g/mol. The van der Waals surface area contributed by atoms with E-state index in [-0.39, 0.29) is 50.1 Å². The lowest BCUT2D eigenvalue weighted by Crippen LogP contribution is -2.37. The summed E-state index contributed by atoms with van der Waals surface area (Å²) in [5.74, 6) is -1.54. The zero-order valence-electron chi connectivity index (χ0n) is 28.4. The molecule has 0 aliphatic rings. The number of amides is 2. The first-order valence-corrected chi connectivity index (χ1v) is 17.2. The molecule has 0 rings (SSSR count). The van der Waals surface area contributed by atoms with Crippen molar-refractivity contribution in [1.29, 1.82) is 0 Å². The van der Waals surface area contributed by atoms with E-state index < -0.39 is 11.9 Å². The minimum Gasteiger partial charge on any atom is -0.481 e. The highest BCUT2D eigenvalue weighted by Gasteiger charge is 2.19. The van der Waals surface area contributed by atoms with Gasteiger partial charge in [-0.05, 0) is 39.5 Å². The van der Waals surface area contributed by atoms with Crippen LogP contribution in [0.5, 0.6) is 0 Å². The molecule has 0 bridgehead atoms. The van der Waals surface area contributed by atoms with Gasteiger partial charge in [0.2, 0.25) is 11.8 Å². The van der Waals surface area contributed by atoms with Crippen molar-refractivity contribution in [2.45, 2.75) is 154 Å². The molecule has 2 amide bonds. The predicted molar refractivity (Wildman–Crippen MR) is 174 cm³/mol. The SMILES string of the molecule is C[C@@H](OCC(=O)N(C)CCCCCCCCCCCC(=O)O)[C@@H](C)OCC(=O)N(C)CCCCCCCCCCCC(=O)O. The van der Waals surface area contributed by atoms with Crippen LogP contribution in [-0.4, -0.2) is 96.4 Å². The second-order valence-corrected chi connectivity index (χ2v) is 12.3. The molecule has 0 aliphatic carbocycles. The average Bonchev–Trinajstić information content (AvgIpc) is 2.98. The van der Waals surface area contributed by atoms with Gasteiger partial charge < -0.3 is 29.5 Å². The Morgan fingerprint density at radius 2 is 0.727 bits per heavy atom. The van der Waals surface area contributed by atoms with Gasteiger partial charge in [-0.15, -0.1) is 0 Å². The van der Waals surface area contributed by atoms with E-state index in [1.54, 1.807) is 23.9 Å². The molecule has 0 aliphatic heterocycles. The molecule has 2 N–H and O–H groups in total. The fourth-order valence-electron chi connectivity index (χ4n) is 4.87. The zero-order valence-corrected chi connectivity index (χ0v) is 28.4. The van der Waals surface area contributed by atoms with Gasteiger partial charge in [-0.1, -0.05) is 89.9 Å². The summed E-state index contributed by atoms with van der Waals surface area (Å²) in [4.78, 5) is 49.4. The molecular formula is C34H64N2O8. The van der Waals surface area contributed by atoms with Gasteiger partial charge in [0.05, 0.1) is 12.2 Å². The van der Waals surface area contributed by atoms with Gasteiger partial charge in [-0.2, -0.15) is 0 Å². The molecule has 0 spiro atoms. The van der Waals surface area contributed by atoms with Crippen molar-refractivity contribution in [3.05, 3.63) is 0 Å². The van der Waals surface area contributed by atoms with Crippen molar-refractivity contribution < 1.29 is 38.9 Å². The van der Waals surface area contributed by atoms with Crippen LogP contribution < -0.4 is 0 Å². The van der Waals surface area contributed by atoms with Crippen molar-refractivity contribution in [1.82, 2.24) is 9.80 Å². The van der Waals surface area contributed by atoms with Crippen LogP contribution in [0.4, 0.5) is 0 Å². The zero-order chi connectivity index (χ0) is 33.0. The number of ether oxygens (including phenoxy) is 2. The monoisotopic (exact) mass is 628 g/mol. The van der Waals surface area contributed by atoms with Gasteiger partial charge in [-0.3, -0.25) is 19.2 Å². The molecule has 258 valence electrons. The Kier molecular flexibility index (Phi) is 26.9. The fraction of sp³-hybridized carbons (Fsp3) is 0.882. The molecule has 0 saturated heterocycles. The molecular weight excluding hydrogens is 564 g/mol. The molecule has 0 radical (unpaired) electrons. The van der Waals surface area contributed by atoms with Gasteiger partial charge in [-0.25, -0.2) is 0 Å². The molecule has 0 heterocycles. The third-order valence-electron chi connectivity index (χ3n) is 8.22. The Morgan fingerprint density at radius 3 is 1.00 bits per heavy atom. The molecule has 0 aromatic heterocycles. The topological polar surface area (TPSA) is 134 Å². The highest BCUT2D eigenvalue weighted by molar-refractivity contribution is 5.77. The third kappa shape index (κ3) is 26.2. The molecule has 0 unspecified atom stereocenters.